The van der Waals surface area contributed by atoms with Crippen LogP contribution in [0.5, 0.6) is 0 Å². The van der Waals surface area contributed by atoms with Crippen LogP contribution in [0.2, 0.25) is 0 Å². The maximum Gasteiger partial charge on any atom is 0.0667 e. The van der Waals surface area contributed by atoms with E-state index in [9.17, 15) is 5.11 Å². The third-order valence-electron chi connectivity index (χ3n) is 4.40. The van der Waals surface area contributed by atoms with Gasteiger partial charge in [0.1, 0.15) is 0 Å². The van der Waals surface area contributed by atoms with Gasteiger partial charge in [-0.2, -0.15) is 0 Å². The minimum atomic E-state index is -0.157. The average Bonchev–Trinajstić information content (AvgIpc) is 2.91. The number of ether oxygens (including phenoxy) is 1. The molecule has 0 bridgehead atoms. The second-order valence-corrected chi connectivity index (χ2v) is 5.82. The van der Waals surface area contributed by atoms with Crippen molar-refractivity contribution in [2.24, 2.45) is 11.8 Å². The highest BCUT2D eigenvalue weighted by Crippen LogP contribution is 2.28. The minimum Gasteiger partial charge on any atom is -0.392 e. The van der Waals surface area contributed by atoms with Gasteiger partial charge in [0.25, 0.3) is 0 Å². The summed E-state index contributed by atoms with van der Waals surface area (Å²) in [6, 6.07) is 0. The zero-order valence-electron chi connectivity index (χ0n) is 11.0. The Hall–Kier alpha value is -0.120. The van der Waals surface area contributed by atoms with Gasteiger partial charge < -0.3 is 15.2 Å². The lowest BCUT2D eigenvalue weighted by Gasteiger charge is -2.18. The lowest BCUT2D eigenvalue weighted by Crippen LogP contribution is -2.33. The lowest BCUT2D eigenvalue weighted by atomic mass is 9.99. The Morgan fingerprint density at radius 1 is 1.29 bits per heavy atom. The fourth-order valence-corrected chi connectivity index (χ4v) is 3.19. The van der Waals surface area contributed by atoms with Crippen molar-refractivity contribution in [1.29, 1.82) is 0 Å². The third-order valence-corrected chi connectivity index (χ3v) is 4.40. The molecule has 2 fully saturated rings. The van der Waals surface area contributed by atoms with Crippen LogP contribution in [0, 0.1) is 11.8 Å². The Balaban J connectivity index is 1.54. The summed E-state index contributed by atoms with van der Waals surface area (Å²) in [5.74, 6) is 1.41. The number of hydrogen-bond donors (Lipinski definition) is 2. The van der Waals surface area contributed by atoms with Crippen molar-refractivity contribution in [2.45, 2.75) is 57.7 Å². The topological polar surface area (TPSA) is 41.5 Å². The zero-order chi connectivity index (χ0) is 12.1. The first-order chi connectivity index (χ1) is 8.25. The molecule has 2 rings (SSSR count). The predicted octanol–water partition coefficient (Wildman–Crippen LogP) is 1.94. The number of rotatable bonds is 6. The Kier molecular flexibility index (Phi) is 5.26. The molecule has 0 aromatic heterocycles. The van der Waals surface area contributed by atoms with Gasteiger partial charge in [0.15, 0.2) is 0 Å². The molecule has 1 aliphatic heterocycles. The molecule has 1 saturated carbocycles. The summed E-state index contributed by atoms with van der Waals surface area (Å²) in [4.78, 5) is 0. The average molecular weight is 241 g/mol. The predicted molar refractivity (Wildman–Crippen MR) is 69.0 cm³/mol. The van der Waals surface area contributed by atoms with Gasteiger partial charge in [-0.05, 0) is 31.6 Å². The van der Waals surface area contributed by atoms with Gasteiger partial charge in [-0.3, -0.25) is 0 Å². The summed E-state index contributed by atoms with van der Waals surface area (Å²) in [6.45, 7) is 4.79. The molecule has 2 aliphatic rings. The molecular formula is C14H27NO2. The summed E-state index contributed by atoms with van der Waals surface area (Å²) in [6.07, 6.45) is 7.75. The maximum absolute atomic E-state index is 9.96. The molecule has 0 spiro atoms. The highest BCUT2D eigenvalue weighted by atomic mass is 16.5. The standard InChI is InChI=1S/C14H27NO2/c1-11-13(6-7-17-11)9-15-10-14(16)8-12-4-2-3-5-12/h11-16H,2-10H2,1H3. The fourth-order valence-electron chi connectivity index (χ4n) is 3.19. The zero-order valence-corrected chi connectivity index (χ0v) is 11.0. The first-order valence-corrected chi connectivity index (χ1v) is 7.26. The minimum absolute atomic E-state index is 0.157. The molecule has 0 aromatic carbocycles. The van der Waals surface area contributed by atoms with Crippen LogP contribution in [0.25, 0.3) is 0 Å². The SMILES string of the molecule is CC1OCCC1CNCC(O)CC1CCCC1. The van der Waals surface area contributed by atoms with Crippen LogP contribution in [-0.2, 0) is 4.74 Å². The van der Waals surface area contributed by atoms with Crippen LogP contribution in [0.3, 0.4) is 0 Å². The van der Waals surface area contributed by atoms with E-state index < -0.39 is 0 Å². The number of hydrogen-bond acceptors (Lipinski definition) is 3. The molecule has 17 heavy (non-hydrogen) atoms. The Labute approximate surface area is 105 Å². The Morgan fingerprint density at radius 2 is 2.06 bits per heavy atom. The molecule has 3 atom stereocenters. The molecule has 2 N–H and O–H groups in total. The highest BCUT2D eigenvalue weighted by molar-refractivity contribution is 4.76. The first kappa shape index (κ1) is 13.3. The van der Waals surface area contributed by atoms with Gasteiger partial charge in [0.05, 0.1) is 12.2 Å². The summed E-state index contributed by atoms with van der Waals surface area (Å²) in [5, 5.41) is 13.4. The quantitative estimate of drug-likeness (QED) is 0.747. The number of nitrogens with one attached hydrogen (secondary N) is 1. The molecule has 3 unspecified atom stereocenters. The van der Waals surface area contributed by atoms with E-state index in [2.05, 4.69) is 12.2 Å². The van der Waals surface area contributed by atoms with E-state index in [0.29, 0.717) is 12.0 Å². The van der Waals surface area contributed by atoms with Crippen LogP contribution in [-0.4, -0.2) is 37.0 Å². The molecule has 0 amide bonds. The van der Waals surface area contributed by atoms with Gasteiger partial charge in [0.2, 0.25) is 0 Å². The van der Waals surface area contributed by atoms with Crippen LogP contribution in [0.15, 0.2) is 0 Å². The van der Waals surface area contributed by atoms with Crippen LogP contribution in [0.4, 0.5) is 0 Å². The third kappa shape index (κ3) is 4.23. The molecule has 3 heteroatoms. The lowest BCUT2D eigenvalue weighted by molar-refractivity contribution is 0.102. The van der Waals surface area contributed by atoms with E-state index in [4.69, 9.17) is 4.74 Å². The van der Waals surface area contributed by atoms with Gasteiger partial charge >= 0.3 is 0 Å². The number of aliphatic hydroxyl groups excluding tert-OH is 1. The van der Waals surface area contributed by atoms with E-state index in [1.54, 1.807) is 0 Å². The second-order valence-electron chi connectivity index (χ2n) is 5.82. The van der Waals surface area contributed by atoms with Crippen LogP contribution in [0.1, 0.15) is 45.4 Å². The molecule has 1 heterocycles. The molecule has 100 valence electrons. The van der Waals surface area contributed by atoms with E-state index in [1.807, 2.05) is 0 Å². The van der Waals surface area contributed by atoms with Gasteiger partial charge in [-0.1, -0.05) is 25.7 Å². The maximum atomic E-state index is 9.96. The Morgan fingerprint density at radius 3 is 2.71 bits per heavy atom. The van der Waals surface area contributed by atoms with Gasteiger partial charge in [0, 0.05) is 19.7 Å². The van der Waals surface area contributed by atoms with E-state index >= 15 is 0 Å². The van der Waals surface area contributed by atoms with Crippen molar-refractivity contribution >= 4 is 0 Å². The highest BCUT2D eigenvalue weighted by Gasteiger charge is 2.24. The molecule has 3 nitrogen and oxygen atoms in total. The van der Waals surface area contributed by atoms with Crippen molar-refractivity contribution in [3.05, 3.63) is 0 Å². The van der Waals surface area contributed by atoms with Gasteiger partial charge in [-0.25, -0.2) is 0 Å². The summed E-state index contributed by atoms with van der Waals surface area (Å²) in [5.41, 5.74) is 0. The molecule has 0 aromatic rings. The van der Waals surface area contributed by atoms with Crippen molar-refractivity contribution in [3.8, 4) is 0 Å². The summed E-state index contributed by atoms with van der Waals surface area (Å²) >= 11 is 0. The smallest absolute Gasteiger partial charge is 0.0667 e. The monoisotopic (exact) mass is 241 g/mol. The van der Waals surface area contributed by atoms with E-state index in [-0.39, 0.29) is 6.10 Å². The summed E-state index contributed by atoms with van der Waals surface area (Å²) < 4.78 is 5.53. The Bertz CT molecular complexity index is 216. The van der Waals surface area contributed by atoms with Gasteiger partial charge in [-0.15, -0.1) is 0 Å². The molecular weight excluding hydrogens is 214 g/mol. The first-order valence-electron chi connectivity index (χ1n) is 7.26. The molecule has 1 saturated heterocycles. The van der Waals surface area contributed by atoms with Crippen molar-refractivity contribution in [1.82, 2.24) is 5.32 Å². The van der Waals surface area contributed by atoms with Crippen molar-refractivity contribution < 1.29 is 9.84 Å². The molecule has 1 aliphatic carbocycles. The van der Waals surface area contributed by atoms with Crippen molar-refractivity contribution in [2.75, 3.05) is 19.7 Å². The molecule has 0 radical (unpaired) electrons. The normalized spacial score (nSPS) is 32.1. The number of aliphatic hydroxyl groups is 1. The largest absolute Gasteiger partial charge is 0.392 e. The second kappa shape index (κ2) is 6.72. The van der Waals surface area contributed by atoms with Crippen LogP contribution >= 0.6 is 0 Å². The van der Waals surface area contributed by atoms with E-state index in [1.165, 1.54) is 25.7 Å². The fraction of sp³-hybridized carbons (Fsp3) is 1.00. The van der Waals surface area contributed by atoms with Crippen molar-refractivity contribution in [3.63, 3.8) is 0 Å². The summed E-state index contributed by atoms with van der Waals surface area (Å²) in [7, 11) is 0. The van der Waals surface area contributed by atoms with E-state index in [0.717, 1.165) is 38.5 Å². The van der Waals surface area contributed by atoms with Crippen LogP contribution < -0.4 is 5.32 Å².